The van der Waals surface area contributed by atoms with Gasteiger partial charge in [0.1, 0.15) is 11.9 Å². The van der Waals surface area contributed by atoms with Crippen LogP contribution in [0.3, 0.4) is 0 Å². The van der Waals surface area contributed by atoms with E-state index in [2.05, 4.69) is 20.9 Å². The Kier molecular flexibility index (Phi) is 6.94. The number of aryl methyl sites for hydroxylation is 1. The van der Waals surface area contributed by atoms with Crippen LogP contribution in [0.2, 0.25) is 0 Å². The third-order valence-electron chi connectivity index (χ3n) is 5.09. The van der Waals surface area contributed by atoms with Crippen LogP contribution in [0.4, 0.5) is 4.39 Å². The van der Waals surface area contributed by atoms with E-state index in [4.69, 9.17) is 14.2 Å². The van der Waals surface area contributed by atoms with Crippen LogP contribution in [0.15, 0.2) is 71.7 Å². The summed E-state index contributed by atoms with van der Waals surface area (Å²) in [5.41, 5.74) is 2.15. The molecular formula is C23H24BrFN2O3. The standard InChI is InChI=1S/C23H24BrFN2O3/c24-20-5-1-19(2-6-20)13-28-14-22-15-29-23(30-22,16-27-12-11-26-17-27)10-9-18-3-7-21(25)8-4-18/h1-8,11-12,17,22H,9-10,13-16H2. The summed E-state index contributed by atoms with van der Waals surface area (Å²) >= 11 is 3.44. The van der Waals surface area contributed by atoms with Crippen molar-refractivity contribution in [2.45, 2.75) is 37.9 Å². The number of imidazole rings is 1. The highest BCUT2D eigenvalue weighted by molar-refractivity contribution is 9.10. The van der Waals surface area contributed by atoms with Crippen LogP contribution in [-0.2, 0) is 33.8 Å². The number of nitrogens with zero attached hydrogens (tertiary/aromatic N) is 2. The van der Waals surface area contributed by atoms with Gasteiger partial charge in [0.15, 0.2) is 5.79 Å². The molecule has 0 amide bonds. The van der Waals surface area contributed by atoms with Gasteiger partial charge in [-0.3, -0.25) is 0 Å². The zero-order valence-corrected chi connectivity index (χ0v) is 18.1. The topological polar surface area (TPSA) is 45.5 Å². The van der Waals surface area contributed by atoms with Gasteiger partial charge >= 0.3 is 0 Å². The summed E-state index contributed by atoms with van der Waals surface area (Å²) in [6.07, 6.45) is 6.62. The molecule has 1 aliphatic heterocycles. The Hall–Kier alpha value is -2.06. The molecule has 1 aromatic heterocycles. The molecule has 1 fully saturated rings. The Bertz CT molecular complexity index is 919. The SMILES string of the molecule is Fc1ccc(CCC2(Cn3ccnc3)OCC(COCc3ccc(Br)cc3)O2)cc1. The van der Waals surface area contributed by atoms with Crippen molar-refractivity contribution in [3.8, 4) is 0 Å². The van der Waals surface area contributed by atoms with Crippen molar-refractivity contribution < 1.29 is 18.6 Å². The van der Waals surface area contributed by atoms with E-state index >= 15 is 0 Å². The van der Waals surface area contributed by atoms with Gasteiger partial charge in [0.05, 0.1) is 32.7 Å². The normalized spacial score (nSPS) is 21.2. The Labute approximate surface area is 183 Å². The number of benzene rings is 2. The van der Waals surface area contributed by atoms with E-state index in [9.17, 15) is 4.39 Å². The highest BCUT2D eigenvalue weighted by Gasteiger charge is 2.41. The minimum Gasteiger partial charge on any atom is -0.374 e. The quantitative estimate of drug-likeness (QED) is 0.449. The molecule has 1 aliphatic rings. The fraction of sp³-hybridized carbons (Fsp3) is 0.348. The number of hydrogen-bond acceptors (Lipinski definition) is 4. The molecule has 1 saturated heterocycles. The largest absolute Gasteiger partial charge is 0.374 e. The van der Waals surface area contributed by atoms with Gasteiger partial charge in [-0.05, 0) is 41.8 Å². The average molecular weight is 475 g/mol. The molecule has 30 heavy (non-hydrogen) atoms. The van der Waals surface area contributed by atoms with Gasteiger partial charge in [-0.1, -0.05) is 40.2 Å². The van der Waals surface area contributed by atoms with Crippen LogP contribution in [0.1, 0.15) is 17.5 Å². The third kappa shape index (κ3) is 5.76. The van der Waals surface area contributed by atoms with Crippen LogP contribution < -0.4 is 0 Å². The van der Waals surface area contributed by atoms with E-state index < -0.39 is 5.79 Å². The van der Waals surface area contributed by atoms with E-state index in [-0.39, 0.29) is 11.9 Å². The highest BCUT2D eigenvalue weighted by atomic mass is 79.9. The Morgan fingerprint density at radius 2 is 1.90 bits per heavy atom. The van der Waals surface area contributed by atoms with Crippen molar-refractivity contribution in [3.05, 3.63) is 88.7 Å². The van der Waals surface area contributed by atoms with E-state index in [0.29, 0.717) is 32.8 Å². The van der Waals surface area contributed by atoms with E-state index in [1.54, 1.807) is 24.7 Å². The molecule has 5 nitrogen and oxygen atoms in total. The van der Waals surface area contributed by atoms with Crippen molar-refractivity contribution in [3.63, 3.8) is 0 Å². The molecule has 0 aliphatic carbocycles. The third-order valence-corrected chi connectivity index (χ3v) is 5.62. The zero-order valence-electron chi connectivity index (χ0n) is 16.5. The number of hydrogen-bond donors (Lipinski definition) is 0. The Morgan fingerprint density at radius 3 is 2.63 bits per heavy atom. The second kappa shape index (κ2) is 9.83. The lowest BCUT2D eigenvalue weighted by Crippen LogP contribution is -2.37. The summed E-state index contributed by atoms with van der Waals surface area (Å²) in [6.45, 7) is 1.99. The monoisotopic (exact) mass is 474 g/mol. The highest BCUT2D eigenvalue weighted by Crippen LogP contribution is 2.31. The van der Waals surface area contributed by atoms with E-state index in [1.807, 2.05) is 35.0 Å². The van der Waals surface area contributed by atoms with Crippen LogP contribution in [-0.4, -0.2) is 34.7 Å². The molecule has 158 valence electrons. The summed E-state index contributed by atoms with van der Waals surface area (Å²) < 4.78 is 34.6. The smallest absolute Gasteiger partial charge is 0.187 e. The first kappa shape index (κ1) is 21.2. The maximum atomic E-state index is 13.2. The number of ether oxygens (including phenoxy) is 3. The summed E-state index contributed by atoms with van der Waals surface area (Å²) in [6, 6.07) is 14.6. The molecule has 0 radical (unpaired) electrons. The molecule has 0 bridgehead atoms. The lowest BCUT2D eigenvalue weighted by atomic mass is 10.0. The number of rotatable bonds is 9. The van der Waals surface area contributed by atoms with Gasteiger partial charge in [0.25, 0.3) is 0 Å². The van der Waals surface area contributed by atoms with Gasteiger partial charge in [-0.2, -0.15) is 0 Å². The van der Waals surface area contributed by atoms with Crippen LogP contribution in [0.5, 0.6) is 0 Å². The van der Waals surface area contributed by atoms with Crippen LogP contribution in [0, 0.1) is 5.82 Å². The first-order chi connectivity index (χ1) is 14.6. The molecular weight excluding hydrogens is 451 g/mol. The summed E-state index contributed by atoms with van der Waals surface area (Å²) in [4.78, 5) is 4.11. The molecule has 3 aromatic rings. The van der Waals surface area contributed by atoms with Crippen molar-refractivity contribution in [2.75, 3.05) is 13.2 Å². The van der Waals surface area contributed by atoms with Crippen molar-refractivity contribution >= 4 is 15.9 Å². The molecule has 0 N–H and O–H groups in total. The van der Waals surface area contributed by atoms with E-state index in [0.717, 1.165) is 22.0 Å². The van der Waals surface area contributed by atoms with Crippen molar-refractivity contribution in [1.29, 1.82) is 0 Å². The molecule has 2 atom stereocenters. The predicted molar refractivity (Wildman–Crippen MR) is 114 cm³/mol. The second-order valence-corrected chi connectivity index (χ2v) is 8.38. The summed E-state index contributed by atoms with van der Waals surface area (Å²) in [7, 11) is 0. The first-order valence-corrected chi connectivity index (χ1v) is 10.7. The van der Waals surface area contributed by atoms with Crippen molar-refractivity contribution in [1.82, 2.24) is 9.55 Å². The number of aromatic nitrogens is 2. The maximum absolute atomic E-state index is 13.2. The van der Waals surface area contributed by atoms with Crippen LogP contribution >= 0.6 is 15.9 Å². The molecule has 2 heterocycles. The average Bonchev–Trinajstić information content (AvgIpc) is 3.40. The maximum Gasteiger partial charge on any atom is 0.187 e. The molecule has 7 heteroatoms. The minimum atomic E-state index is -0.763. The van der Waals surface area contributed by atoms with Gasteiger partial charge in [-0.15, -0.1) is 0 Å². The molecule has 0 spiro atoms. The fourth-order valence-corrected chi connectivity index (χ4v) is 3.79. The molecule has 4 rings (SSSR count). The second-order valence-electron chi connectivity index (χ2n) is 7.46. The molecule has 0 saturated carbocycles. The lowest BCUT2D eigenvalue weighted by Gasteiger charge is -2.28. The summed E-state index contributed by atoms with van der Waals surface area (Å²) in [5, 5.41) is 0. The zero-order chi connectivity index (χ0) is 20.8. The van der Waals surface area contributed by atoms with Gasteiger partial charge in [0, 0.05) is 23.3 Å². The Morgan fingerprint density at radius 1 is 1.13 bits per heavy atom. The van der Waals surface area contributed by atoms with E-state index in [1.165, 1.54) is 12.1 Å². The van der Waals surface area contributed by atoms with Crippen LogP contribution in [0.25, 0.3) is 0 Å². The lowest BCUT2D eigenvalue weighted by molar-refractivity contribution is -0.187. The van der Waals surface area contributed by atoms with Gasteiger partial charge in [-0.25, -0.2) is 9.37 Å². The summed E-state index contributed by atoms with van der Waals surface area (Å²) in [5.74, 6) is -0.996. The predicted octanol–water partition coefficient (Wildman–Crippen LogP) is 4.75. The van der Waals surface area contributed by atoms with Gasteiger partial charge < -0.3 is 18.8 Å². The minimum absolute atomic E-state index is 0.141. The molecule has 2 aromatic carbocycles. The molecule has 2 unspecified atom stereocenters. The van der Waals surface area contributed by atoms with Crippen molar-refractivity contribution in [2.24, 2.45) is 0 Å². The van der Waals surface area contributed by atoms with Gasteiger partial charge in [0.2, 0.25) is 0 Å². The Balaban J connectivity index is 1.35. The first-order valence-electron chi connectivity index (χ1n) is 9.94. The number of halogens is 2. The fourth-order valence-electron chi connectivity index (χ4n) is 3.52.